The summed E-state index contributed by atoms with van der Waals surface area (Å²) in [5.41, 5.74) is 2.29. The van der Waals surface area contributed by atoms with Crippen LogP contribution in [0.15, 0.2) is 23.3 Å². The van der Waals surface area contributed by atoms with Gasteiger partial charge in [-0.2, -0.15) is 0 Å². The predicted octanol–water partition coefficient (Wildman–Crippen LogP) is 4.16. The lowest BCUT2D eigenvalue weighted by Gasteiger charge is -2.46. The second-order valence-electron chi connectivity index (χ2n) is 8.30. The highest BCUT2D eigenvalue weighted by Crippen LogP contribution is 2.47. The van der Waals surface area contributed by atoms with Crippen LogP contribution in [0.5, 0.6) is 0 Å². The van der Waals surface area contributed by atoms with E-state index in [4.69, 9.17) is 9.47 Å². The van der Waals surface area contributed by atoms with Gasteiger partial charge in [-0.15, -0.1) is 0 Å². The van der Waals surface area contributed by atoms with Gasteiger partial charge < -0.3 is 14.6 Å². The summed E-state index contributed by atoms with van der Waals surface area (Å²) < 4.78 is 12.2. The summed E-state index contributed by atoms with van der Waals surface area (Å²) in [5.74, 6) is 0.401. The van der Waals surface area contributed by atoms with Crippen LogP contribution in [-0.4, -0.2) is 35.1 Å². The van der Waals surface area contributed by atoms with Crippen molar-refractivity contribution in [2.24, 2.45) is 5.92 Å². The second-order valence-corrected chi connectivity index (χ2v) is 8.30. The maximum atomic E-state index is 10.7. The van der Waals surface area contributed by atoms with Gasteiger partial charge in [0.2, 0.25) is 0 Å². The van der Waals surface area contributed by atoms with Gasteiger partial charge >= 0.3 is 0 Å². The first-order valence-electron chi connectivity index (χ1n) is 9.15. The molecule has 3 heteroatoms. The van der Waals surface area contributed by atoms with E-state index in [0.717, 1.165) is 45.1 Å². The molecule has 0 spiro atoms. The van der Waals surface area contributed by atoms with E-state index in [1.165, 1.54) is 11.1 Å². The van der Waals surface area contributed by atoms with Crippen molar-refractivity contribution in [2.75, 3.05) is 6.61 Å². The number of epoxide rings is 1. The average molecular weight is 320 g/mol. The lowest BCUT2D eigenvalue weighted by molar-refractivity contribution is -0.185. The molecule has 0 aromatic heterocycles. The summed E-state index contributed by atoms with van der Waals surface area (Å²) in [4.78, 5) is 0. The Bertz CT molecular complexity index is 503. The maximum absolute atomic E-state index is 10.7. The molecule has 2 fully saturated rings. The van der Waals surface area contributed by atoms with Crippen LogP contribution < -0.4 is 0 Å². The van der Waals surface area contributed by atoms with Crippen molar-refractivity contribution in [3.8, 4) is 0 Å². The van der Waals surface area contributed by atoms with E-state index in [-0.39, 0.29) is 11.7 Å². The minimum absolute atomic E-state index is 0.0265. The van der Waals surface area contributed by atoms with Gasteiger partial charge in [0.1, 0.15) is 0 Å². The number of allylic oxidation sites excluding steroid dienone is 3. The van der Waals surface area contributed by atoms with Gasteiger partial charge in [0.05, 0.1) is 30.0 Å². The highest BCUT2D eigenvalue weighted by Gasteiger charge is 2.54. The van der Waals surface area contributed by atoms with Gasteiger partial charge in [0.25, 0.3) is 0 Å². The topological polar surface area (TPSA) is 42.0 Å². The van der Waals surface area contributed by atoms with E-state index in [2.05, 4.69) is 39.8 Å². The summed E-state index contributed by atoms with van der Waals surface area (Å²) in [6.45, 7) is 9.50. The summed E-state index contributed by atoms with van der Waals surface area (Å²) >= 11 is 0. The van der Waals surface area contributed by atoms with Crippen LogP contribution in [0, 0.1) is 5.92 Å². The third-order valence-corrected chi connectivity index (χ3v) is 6.13. The first-order chi connectivity index (χ1) is 10.8. The molecule has 3 heterocycles. The number of fused-ring (bicyclic) bond motifs is 2. The fourth-order valence-corrected chi connectivity index (χ4v) is 4.12. The SMILES string of the molecule is C/C1=C/[C@H]2O[C@](C)(CC[C@@H]2[C@@]2(C)CO2)[C@@H](O)CC/C(C)=C/CC1. The molecule has 0 aromatic carbocycles. The summed E-state index contributed by atoms with van der Waals surface area (Å²) in [6.07, 6.45) is 10.1. The number of aliphatic hydroxyl groups is 1. The Morgan fingerprint density at radius 3 is 2.52 bits per heavy atom. The van der Waals surface area contributed by atoms with Crippen molar-refractivity contribution < 1.29 is 14.6 Å². The van der Waals surface area contributed by atoms with Crippen LogP contribution >= 0.6 is 0 Å². The molecule has 2 bridgehead atoms. The third-order valence-electron chi connectivity index (χ3n) is 6.13. The second kappa shape index (κ2) is 6.34. The van der Waals surface area contributed by atoms with E-state index < -0.39 is 11.7 Å². The number of hydrogen-bond donors (Lipinski definition) is 1. The molecule has 1 N–H and O–H groups in total. The molecule has 3 rings (SSSR count). The van der Waals surface area contributed by atoms with Gasteiger partial charge in [-0.25, -0.2) is 0 Å². The van der Waals surface area contributed by atoms with Crippen molar-refractivity contribution in [1.29, 1.82) is 0 Å². The number of ether oxygens (including phenoxy) is 2. The van der Waals surface area contributed by atoms with Crippen molar-refractivity contribution >= 4 is 0 Å². The van der Waals surface area contributed by atoms with Gasteiger partial charge in [0, 0.05) is 5.92 Å². The maximum Gasteiger partial charge on any atom is 0.0944 e. The van der Waals surface area contributed by atoms with Crippen molar-refractivity contribution in [2.45, 2.75) is 89.6 Å². The molecule has 0 aromatic rings. The van der Waals surface area contributed by atoms with E-state index in [9.17, 15) is 5.11 Å². The third kappa shape index (κ3) is 3.72. The molecule has 0 amide bonds. The average Bonchev–Trinajstić information content (AvgIpc) is 3.22. The molecule has 2 saturated heterocycles. The Morgan fingerprint density at radius 1 is 1.09 bits per heavy atom. The molecule has 3 aliphatic rings. The van der Waals surface area contributed by atoms with Crippen LogP contribution in [0.2, 0.25) is 0 Å². The first kappa shape index (κ1) is 17.2. The van der Waals surface area contributed by atoms with Crippen LogP contribution in [0.1, 0.15) is 66.2 Å². The Morgan fingerprint density at radius 2 is 1.83 bits per heavy atom. The van der Waals surface area contributed by atoms with Crippen LogP contribution in [-0.2, 0) is 9.47 Å². The molecule has 3 nitrogen and oxygen atoms in total. The van der Waals surface area contributed by atoms with E-state index >= 15 is 0 Å². The molecule has 130 valence electrons. The van der Waals surface area contributed by atoms with Crippen molar-refractivity contribution in [3.05, 3.63) is 23.3 Å². The fourth-order valence-electron chi connectivity index (χ4n) is 4.12. The van der Waals surface area contributed by atoms with Gasteiger partial charge in [-0.3, -0.25) is 0 Å². The highest BCUT2D eigenvalue weighted by atomic mass is 16.6. The minimum atomic E-state index is -0.442. The normalized spacial score (nSPS) is 49.9. The first-order valence-corrected chi connectivity index (χ1v) is 9.15. The van der Waals surface area contributed by atoms with Crippen LogP contribution in [0.25, 0.3) is 0 Å². The molecule has 0 aliphatic carbocycles. The monoisotopic (exact) mass is 320 g/mol. The number of aliphatic hydroxyl groups excluding tert-OH is 1. The fraction of sp³-hybridized carbons (Fsp3) is 0.800. The smallest absolute Gasteiger partial charge is 0.0944 e. The zero-order valence-electron chi connectivity index (χ0n) is 15.1. The molecule has 0 saturated carbocycles. The van der Waals surface area contributed by atoms with Crippen molar-refractivity contribution in [3.63, 3.8) is 0 Å². The lowest BCUT2D eigenvalue weighted by atomic mass is 9.76. The lowest BCUT2D eigenvalue weighted by Crippen LogP contribution is -2.52. The molecule has 3 aliphatic heterocycles. The zero-order valence-corrected chi connectivity index (χ0v) is 15.1. The minimum Gasteiger partial charge on any atom is -0.390 e. The van der Waals surface area contributed by atoms with E-state index in [0.29, 0.717) is 5.92 Å². The summed E-state index contributed by atoms with van der Waals surface area (Å²) in [7, 11) is 0. The van der Waals surface area contributed by atoms with E-state index in [1.54, 1.807) is 0 Å². The highest BCUT2D eigenvalue weighted by molar-refractivity contribution is 5.14. The van der Waals surface area contributed by atoms with Crippen LogP contribution in [0.3, 0.4) is 0 Å². The Kier molecular flexibility index (Phi) is 4.74. The largest absolute Gasteiger partial charge is 0.390 e. The number of hydrogen-bond acceptors (Lipinski definition) is 3. The van der Waals surface area contributed by atoms with E-state index in [1.807, 2.05) is 0 Å². The van der Waals surface area contributed by atoms with Crippen molar-refractivity contribution in [1.82, 2.24) is 0 Å². The molecule has 5 atom stereocenters. The molecular formula is C20H32O3. The molecule has 23 heavy (non-hydrogen) atoms. The molecular weight excluding hydrogens is 288 g/mol. The summed E-state index contributed by atoms with van der Waals surface area (Å²) in [5, 5.41) is 10.7. The predicted molar refractivity (Wildman–Crippen MR) is 92.3 cm³/mol. The standard InChI is InChI=1S/C20H32O3/c1-14-6-5-7-15(2)12-17-16(20(4)13-22-20)10-11-19(3,23-17)18(21)9-8-14/h6,12,16-18,21H,5,7-11,13H2,1-4H3/b14-6+,15-12-/t16-,17+,18-,19+,20+/m0/s1. The Balaban J connectivity index is 1.87. The van der Waals surface area contributed by atoms with Gasteiger partial charge in [0.15, 0.2) is 0 Å². The Labute approximate surface area is 140 Å². The summed E-state index contributed by atoms with van der Waals surface area (Å²) in [6, 6.07) is 0. The van der Waals surface area contributed by atoms with Gasteiger partial charge in [-0.05, 0) is 66.2 Å². The molecule has 0 radical (unpaired) electrons. The quantitative estimate of drug-likeness (QED) is 0.583. The Hall–Kier alpha value is -0.640. The van der Waals surface area contributed by atoms with Gasteiger partial charge in [-0.1, -0.05) is 23.3 Å². The zero-order chi connectivity index (χ0) is 16.7. The van der Waals surface area contributed by atoms with Crippen LogP contribution in [0.4, 0.5) is 0 Å². The number of rotatable bonds is 1. The molecule has 0 unspecified atom stereocenters.